The van der Waals surface area contributed by atoms with Gasteiger partial charge < -0.3 is 10.1 Å². The maximum atomic E-state index is 12.3. The van der Waals surface area contributed by atoms with Gasteiger partial charge in [-0.1, -0.05) is 17.7 Å². The second-order valence-electron chi connectivity index (χ2n) is 6.35. The molecule has 0 saturated carbocycles. The van der Waals surface area contributed by atoms with Gasteiger partial charge in [0.05, 0.1) is 6.42 Å². The Balaban J connectivity index is 1.77. The summed E-state index contributed by atoms with van der Waals surface area (Å²) in [7, 11) is 0. The highest BCUT2D eigenvalue weighted by Crippen LogP contribution is 2.16. The number of aryl methyl sites for hydroxylation is 3. The monoisotopic (exact) mass is 387 g/mol. The highest BCUT2D eigenvalue weighted by molar-refractivity contribution is 6.30. The molecular formula is C21H22ClNO4. The molecule has 0 aliphatic rings. The molecule has 2 rings (SSSR count). The summed E-state index contributed by atoms with van der Waals surface area (Å²) in [6.07, 6.45) is -0.0154. The Bertz CT molecular complexity index is 859. The van der Waals surface area contributed by atoms with Gasteiger partial charge in [0, 0.05) is 22.7 Å². The van der Waals surface area contributed by atoms with E-state index >= 15 is 0 Å². The first-order valence-electron chi connectivity index (χ1n) is 8.58. The van der Waals surface area contributed by atoms with Crippen molar-refractivity contribution in [3.05, 3.63) is 69.2 Å². The summed E-state index contributed by atoms with van der Waals surface area (Å²) in [4.78, 5) is 36.0. The number of carbonyl (C=O) groups is 3. The van der Waals surface area contributed by atoms with Crippen LogP contribution in [0.4, 0.5) is 0 Å². The van der Waals surface area contributed by atoms with Crippen LogP contribution < -0.4 is 5.32 Å². The van der Waals surface area contributed by atoms with Gasteiger partial charge in [-0.2, -0.15) is 0 Å². The lowest BCUT2D eigenvalue weighted by atomic mass is 9.98. The molecule has 0 aromatic heterocycles. The van der Waals surface area contributed by atoms with Gasteiger partial charge in [-0.15, -0.1) is 0 Å². The fraction of sp³-hybridized carbons (Fsp3) is 0.286. The molecule has 0 fully saturated rings. The van der Waals surface area contributed by atoms with Crippen molar-refractivity contribution in [1.29, 1.82) is 0 Å². The third-order valence-corrected chi connectivity index (χ3v) is 4.48. The number of hydrogen-bond acceptors (Lipinski definition) is 4. The Labute approximate surface area is 163 Å². The number of amides is 1. The lowest BCUT2D eigenvalue weighted by Gasteiger charge is -2.10. The normalized spacial score (nSPS) is 10.4. The zero-order valence-corrected chi connectivity index (χ0v) is 16.4. The molecule has 0 unspecified atom stereocenters. The third-order valence-electron chi connectivity index (χ3n) is 4.23. The summed E-state index contributed by atoms with van der Waals surface area (Å²) in [6, 6.07) is 10.2. The first kappa shape index (κ1) is 20.6. The fourth-order valence-electron chi connectivity index (χ4n) is 2.54. The van der Waals surface area contributed by atoms with Gasteiger partial charge in [0.15, 0.2) is 6.61 Å². The number of ketones is 1. The number of carbonyl (C=O) groups excluding carboxylic acids is 3. The molecule has 0 heterocycles. The quantitative estimate of drug-likeness (QED) is 0.579. The molecular weight excluding hydrogens is 366 g/mol. The van der Waals surface area contributed by atoms with Crippen LogP contribution in [0.2, 0.25) is 5.02 Å². The van der Waals surface area contributed by atoms with Gasteiger partial charge in [-0.3, -0.25) is 14.4 Å². The van der Waals surface area contributed by atoms with E-state index in [0.29, 0.717) is 16.1 Å². The largest absolute Gasteiger partial charge is 0.457 e. The first-order valence-corrected chi connectivity index (χ1v) is 8.96. The van der Waals surface area contributed by atoms with E-state index in [9.17, 15) is 14.4 Å². The summed E-state index contributed by atoms with van der Waals surface area (Å²) in [5, 5.41) is 3.16. The van der Waals surface area contributed by atoms with Crippen LogP contribution >= 0.6 is 11.6 Å². The molecule has 27 heavy (non-hydrogen) atoms. The summed E-state index contributed by atoms with van der Waals surface area (Å²) in [5.41, 5.74) is 3.99. The molecule has 2 aromatic rings. The van der Waals surface area contributed by atoms with E-state index in [-0.39, 0.29) is 31.3 Å². The van der Waals surface area contributed by atoms with Gasteiger partial charge in [-0.05, 0) is 67.8 Å². The van der Waals surface area contributed by atoms with Crippen LogP contribution in [0.15, 0.2) is 36.4 Å². The lowest BCUT2D eigenvalue weighted by Crippen LogP contribution is -2.27. The minimum absolute atomic E-state index is 0.0154. The number of halogens is 1. The molecule has 6 heteroatoms. The third kappa shape index (κ3) is 5.93. The lowest BCUT2D eigenvalue weighted by molar-refractivity contribution is -0.142. The number of Topliss-reactive ketones (excluding diaryl/α,β-unsaturated/α-hetero) is 1. The molecule has 0 spiro atoms. The first-order chi connectivity index (χ1) is 12.8. The van der Waals surface area contributed by atoms with Gasteiger partial charge in [-0.25, -0.2) is 0 Å². The van der Waals surface area contributed by atoms with Crippen molar-refractivity contribution >= 4 is 29.3 Å². The van der Waals surface area contributed by atoms with Crippen molar-refractivity contribution in [1.82, 2.24) is 5.32 Å². The minimum Gasteiger partial charge on any atom is -0.457 e. The molecule has 5 nitrogen and oxygen atoms in total. The van der Waals surface area contributed by atoms with Crippen LogP contribution in [0.3, 0.4) is 0 Å². The van der Waals surface area contributed by atoms with Crippen molar-refractivity contribution in [3.63, 3.8) is 0 Å². The molecule has 142 valence electrons. The number of rotatable bonds is 7. The number of nitrogens with one attached hydrogen (secondary N) is 1. The van der Waals surface area contributed by atoms with E-state index in [2.05, 4.69) is 5.32 Å². The molecule has 0 radical (unpaired) electrons. The topological polar surface area (TPSA) is 72.5 Å². The van der Waals surface area contributed by atoms with Crippen molar-refractivity contribution in [2.45, 2.75) is 27.2 Å². The summed E-state index contributed by atoms with van der Waals surface area (Å²) in [6.45, 7) is 5.58. The number of benzene rings is 2. The summed E-state index contributed by atoms with van der Waals surface area (Å²) < 4.78 is 5.03. The van der Waals surface area contributed by atoms with Gasteiger partial charge in [0.2, 0.25) is 5.78 Å². The summed E-state index contributed by atoms with van der Waals surface area (Å²) >= 11 is 5.77. The van der Waals surface area contributed by atoms with Crippen LogP contribution in [0, 0.1) is 20.8 Å². The Morgan fingerprint density at radius 3 is 2.26 bits per heavy atom. The standard InChI is InChI=1S/C21H22ClNO4/c1-13-10-15(3)18(11-14(13)2)19(24)12-27-20(25)8-9-23-21(26)16-4-6-17(22)7-5-16/h4-7,10-11H,8-9,12H2,1-3H3,(H,23,26). The van der Waals surface area contributed by atoms with E-state index in [4.69, 9.17) is 16.3 Å². The van der Waals surface area contributed by atoms with E-state index in [0.717, 1.165) is 16.7 Å². The Morgan fingerprint density at radius 2 is 1.59 bits per heavy atom. The van der Waals surface area contributed by atoms with Gasteiger partial charge >= 0.3 is 5.97 Å². The van der Waals surface area contributed by atoms with Crippen LogP contribution in [-0.2, 0) is 9.53 Å². The Hall–Kier alpha value is -2.66. The summed E-state index contributed by atoms with van der Waals surface area (Å²) in [5.74, 6) is -1.09. The van der Waals surface area contributed by atoms with Crippen molar-refractivity contribution in [3.8, 4) is 0 Å². The van der Waals surface area contributed by atoms with Crippen molar-refractivity contribution < 1.29 is 19.1 Å². The fourth-order valence-corrected chi connectivity index (χ4v) is 2.66. The zero-order chi connectivity index (χ0) is 20.0. The number of hydrogen-bond donors (Lipinski definition) is 1. The maximum Gasteiger partial charge on any atom is 0.308 e. The predicted octanol–water partition coefficient (Wildman–Crippen LogP) is 3.81. The van der Waals surface area contributed by atoms with Crippen LogP contribution in [0.25, 0.3) is 0 Å². The van der Waals surface area contributed by atoms with E-state index < -0.39 is 5.97 Å². The van der Waals surface area contributed by atoms with E-state index in [1.165, 1.54) is 0 Å². The van der Waals surface area contributed by atoms with E-state index in [1.807, 2.05) is 32.9 Å². The predicted molar refractivity (Wildman–Crippen MR) is 104 cm³/mol. The van der Waals surface area contributed by atoms with Crippen LogP contribution in [-0.4, -0.2) is 30.8 Å². The molecule has 0 aliphatic heterocycles. The highest BCUT2D eigenvalue weighted by Gasteiger charge is 2.14. The molecule has 0 saturated heterocycles. The second-order valence-corrected chi connectivity index (χ2v) is 6.78. The molecule has 0 atom stereocenters. The maximum absolute atomic E-state index is 12.3. The zero-order valence-electron chi connectivity index (χ0n) is 15.6. The molecule has 2 aromatic carbocycles. The number of esters is 1. The second kappa shape index (κ2) is 9.33. The highest BCUT2D eigenvalue weighted by atomic mass is 35.5. The molecule has 0 bridgehead atoms. The molecule has 0 aliphatic carbocycles. The van der Waals surface area contributed by atoms with Crippen LogP contribution in [0.1, 0.15) is 43.8 Å². The van der Waals surface area contributed by atoms with Gasteiger partial charge in [0.25, 0.3) is 5.91 Å². The Morgan fingerprint density at radius 1 is 0.963 bits per heavy atom. The average molecular weight is 388 g/mol. The van der Waals surface area contributed by atoms with Crippen molar-refractivity contribution in [2.24, 2.45) is 0 Å². The smallest absolute Gasteiger partial charge is 0.308 e. The number of ether oxygens (including phenoxy) is 1. The van der Waals surface area contributed by atoms with E-state index in [1.54, 1.807) is 24.3 Å². The van der Waals surface area contributed by atoms with Gasteiger partial charge in [0.1, 0.15) is 0 Å². The average Bonchev–Trinajstić information content (AvgIpc) is 2.63. The minimum atomic E-state index is -0.541. The SMILES string of the molecule is Cc1cc(C)c(C(=O)COC(=O)CCNC(=O)c2ccc(Cl)cc2)cc1C. The molecule has 1 amide bonds. The Kier molecular flexibility index (Phi) is 7.13. The van der Waals surface area contributed by atoms with Crippen molar-refractivity contribution in [2.75, 3.05) is 13.2 Å². The molecule has 1 N–H and O–H groups in total. The van der Waals surface area contributed by atoms with Crippen LogP contribution in [0.5, 0.6) is 0 Å².